The molecular weight excluding hydrogens is 454 g/mol. The zero-order valence-corrected chi connectivity index (χ0v) is 19.5. The maximum Gasteiger partial charge on any atom is 0.243 e. The number of sulfonamides is 1. The summed E-state index contributed by atoms with van der Waals surface area (Å²) >= 11 is 0. The van der Waals surface area contributed by atoms with Crippen molar-refractivity contribution in [3.8, 4) is 11.5 Å². The van der Waals surface area contributed by atoms with Crippen molar-refractivity contribution in [2.75, 3.05) is 45.9 Å². The van der Waals surface area contributed by atoms with Crippen molar-refractivity contribution in [2.45, 2.75) is 11.0 Å². The van der Waals surface area contributed by atoms with Gasteiger partial charge in [0.25, 0.3) is 0 Å². The Labute approximate surface area is 199 Å². The molecule has 0 spiro atoms. The van der Waals surface area contributed by atoms with E-state index in [1.165, 1.54) is 4.31 Å². The third kappa shape index (κ3) is 4.86. The van der Waals surface area contributed by atoms with Gasteiger partial charge in [-0.15, -0.1) is 0 Å². The first-order valence-corrected chi connectivity index (χ1v) is 12.8. The second-order valence-corrected chi connectivity index (χ2v) is 10.4. The Morgan fingerprint density at radius 2 is 1.62 bits per heavy atom. The molecule has 1 amide bonds. The van der Waals surface area contributed by atoms with E-state index in [9.17, 15) is 13.2 Å². The number of carbonyl (C=O) groups is 1. The summed E-state index contributed by atoms with van der Waals surface area (Å²) in [6.07, 6.45) is -0.247. The molecule has 34 heavy (non-hydrogen) atoms. The molecule has 3 aromatic rings. The molecule has 0 aliphatic carbocycles. The van der Waals surface area contributed by atoms with Gasteiger partial charge in [0.1, 0.15) is 12.7 Å². The smallest absolute Gasteiger partial charge is 0.243 e. The normalized spacial score (nSPS) is 19.1. The first-order chi connectivity index (χ1) is 16.5. The molecule has 1 fully saturated rings. The van der Waals surface area contributed by atoms with Crippen LogP contribution in [0.3, 0.4) is 0 Å². The van der Waals surface area contributed by atoms with E-state index >= 15 is 0 Å². The van der Waals surface area contributed by atoms with Gasteiger partial charge in [-0.05, 0) is 35.0 Å². The molecule has 2 heterocycles. The number of para-hydroxylation sites is 2. The lowest BCUT2D eigenvalue weighted by atomic mass is 10.1. The van der Waals surface area contributed by atoms with Gasteiger partial charge >= 0.3 is 0 Å². The van der Waals surface area contributed by atoms with Crippen LogP contribution < -0.4 is 14.8 Å². The van der Waals surface area contributed by atoms with Crippen LogP contribution in [0, 0.1) is 0 Å². The quantitative estimate of drug-likeness (QED) is 0.580. The number of rotatable bonds is 6. The van der Waals surface area contributed by atoms with Gasteiger partial charge in [0.2, 0.25) is 15.9 Å². The molecule has 1 N–H and O–H groups in total. The molecular formula is C25H27N3O5S. The van der Waals surface area contributed by atoms with E-state index in [-0.39, 0.29) is 18.6 Å². The van der Waals surface area contributed by atoms with Gasteiger partial charge in [0.05, 0.1) is 18.0 Å². The highest BCUT2D eigenvalue weighted by Gasteiger charge is 2.29. The van der Waals surface area contributed by atoms with Crippen LogP contribution in [-0.4, -0.2) is 75.5 Å². The molecule has 1 atom stereocenters. The number of benzene rings is 3. The van der Waals surface area contributed by atoms with Crippen molar-refractivity contribution in [3.63, 3.8) is 0 Å². The number of nitrogens with zero attached hydrogens (tertiary/aromatic N) is 2. The van der Waals surface area contributed by atoms with Crippen LogP contribution in [-0.2, 0) is 14.8 Å². The van der Waals surface area contributed by atoms with Gasteiger partial charge in [-0.1, -0.05) is 42.5 Å². The lowest BCUT2D eigenvalue weighted by molar-refractivity contribution is -0.123. The third-order valence-electron chi connectivity index (χ3n) is 6.15. The standard InChI is InChI=1S/C25H27N3O5S/c29-25(26-16-21-18-32-23-7-3-4-8-24(23)33-21)17-27-11-13-28(14-12-27)34(30,31)22-10-9-19-5-1-2-6-20(19)15-22/h1-10,15,21H,11-14,16-18H2,(H,26,29)/t21-/m0/s1. The minimum atomic E-state index is -3.58. The van der Waals surface area contributed by atoms with Gasteiger partial charge in [0.15, 0.2) is 11.5 Å². The van der Waals surface area contributed by atoms with Crippen molar-refractivity contribution in [1.82, 2.24) is 14.5 Å². The van der Waals surface area contributed by atoms with Crippen molar-refractivity contribution < 1.29 is 22.7 Å². The van der Waals surface area contributed by atoms with Gasteiger partial charge in [-0.3, -0.25) is 9.69 Å². The Morgan fingerprint density at radius 1 is 0.912 bits per heavy atom. The number of amides is 1. The van der Waals surface area contributed by atoms with Crippen molar-refractivity contribution in [1.29, 1.82) is 0 Å². The van der Waals surface area contributed by atoms with Gasteiger partial charge < -0.3 is 14.8 Å². The minimum Gasteiger partial charge on any atom is -0.486 e. The van der Waals surface area contributed by atoms with E-state index in [1.807, 2.05) is 59.5 Å². The maximum atomic E-state index is 13.1. The summed E-state index contributed by atoms with van der Waals surface area (Å²) < 4.78 is 39.3. The minimum absolute atomic E-state index is 0.117. The third-order valence-corrected chi connectivity index (χ3v) is 8.05. The molecule has 3 aromatic carbocycles. The largest absolute Gasteiger partial charge is 0.486 e. The molecule has 0 bridgehead atoms. The highest BCUT2D eigenvalue weighted by molar-refractivity contribution is 7.89. The van der Waals surface area contributed by atoms with Crippen LogP contribution in [0.4, 0.5) is 0 Å². The molecule has 5 rings (SSSR count). The maximum absolute atomic E-state index is 13.1. The first-order valence-electron chi connectivity index (χ1n) is 11.4. The average Bonchev–Trinajstić information content (AvgIpc) is 2.87. The van der Waals surface area contributed by atoms with Crippen LogP contribution in [0.1, 0.15) is 0 Å². The van der Waals surface area contributed by atoms with Crippen LogP contribution in [0.5, 0.6) is 11.5 Å². The first kappa shape index (κ1) is 22.6. The predicted octanol–water partition coefficient (Wildman–Crippen LogP) is 2.10. The zero-order valence-electron chi connectivity index (χ0n) is 18.7. The van der Waals surface area contributed by atoms with Crippen molar-refractivity contribution >= 4 is 26.7 Å². The molecule has 2 aliphatic heterocycles. The molecule has 8 nitrogen and oxygen atoms in total. The monoisotopic (exact) mass is 481 g/mol. The summed E-state index contributed by atoms with van der Waals surface area (Å²) in [4.78, 5) is 14.7. The fourth-order valence-corrected chi connectivity index (χ4v) is 5.71. The fourth-order valence-electron chi connectivity index (χ4n) is 4.26. The van der Waals surface area contributed by atoms with E-state index in [0.29, 0.717) is 55.7 Å². The molecule has 0 radical (unpaired) electrons. The summed E-state index contributed by atoms with van der Waals surface area (Å²) in [6.45, 7) is 2.63. The molecule has 1 saturated heterocycles. The van der Waals surface area contributed by atoms with Crippen molar-refractivity contribution in [2.24, 2.45) is 0 Å². The predicted molar refractivity (Wildman–Crippen MR) is 129 cm³/mol. The number of fused-ring (bicyclic) bond motifs is 2. The highest BCUT2D eigenvalue weighted by Crippen LogP contribution is 2.30. The van der Waals surface area contributed by atoms with E-state index in [4.69, 9.17) is 9.47 Å². The summed E-state index contributed by atoms with van der Waals surface area (Å²) in [5, 5.41) is 4.80. The van der Waals surface area contributed by atoms with E-state index in [2.05, 4.69) is 5.32 Å². The summed E-state index contributed by atoms with van der Waals surface area (Å²) in [6, 6.07) is 20.4. The van der Waals surface area contributed by atoms with Gasteiger partial charge in [-0.2, -0.15) is 4.31 Å². The Bertz CT molecular complexity index is 1290. The lowest BCUT2D eigenvalue weighted by Crippen LogP contribution is -2.51. The summed E-state index contributed by atoms with van der Waals surface area (Å²) in [7, 11) is -3.58. The highest BCUT2D eigenvalue weighted by atomic mass is 32.2. The Kier molecular flexibility index (Phi) is 6.40. The van der Waals surface area contributed by atoms with E-state index < -0.39 is 10.0 Å². The second kappa shape index (κ2) is 9.61. The van der Waals surface area contributed by atoms with Crippen LogP contribution in [0.25, 0.3) is 10.8 Å². The topological polar surface area (TPSA) is 88.2 Å². The SMILES string of the molecule is O=C(CN1CCN(S(=O)(=O)c2ccc3ccccc3c2)CC1)NC[C@H]1COc2ccccc2O1. The zero-order chi connectivity index (χ0) is 23.5. The molecule has 178 valence electrons. The number of hydrogen-bond donors (Lipinski definition) is 1. The molecule has 2 aliphatic rings. The van der Waals surface area contributed by atoms with Crippen molar-refractivity contribution in [3.05, 3.63) is 66.7 Å². The molecule has 0 unspecified atom stereocenters. The summed E-state index contributed by atoms with van der Waals surface area (Å²) in [5.41, 5.74) is 0. The Hall–Kier alpha value is -3.14. The fraction of sp³-hybridized carbons (Fsp3) is 0.320. The lowest BCUT2D eigenvalue weighted by Gasteiger charge is -2.33. The number of nitrogens with one attached hydrogen (secondary N) is 1. The number of piperazine rings is 1. The molecule has 9 heteroatoms. The van der Waals surface area contributed by atoms with Gasteiger partial charge in [-0.25, -0.2) is 8.42 Å². The molecule has 0 aromatic heterocycles. The number of hydrogen-bond acceptors (Lipinski definition) is 6. The number of ether oxygens (including phenoxy) is 2. The van der Waals surface area contributed by atoms with Gasteiger partial charge in [0, 0.05) is 26.2 Å². The Balaban J connectivity index is 1.11. The van der Waals surface area contributed by atoms with Crippen LogP contribution in [0.15, 0.2) is 71.6 Å². The summed E-state index contributed by atoms with van der Waals surface area (Å²) in [5.74, 6) is 1.27. The van der Waals surface area contributed by atoms with E-state index in [1.54, 1.807) is 12.1 Å². The number of carbonyl (C=O) groups excluding carboxylic acids is 1. The average molecular weight is 482 g/mol. The molecule has 0 saturated carbocycles. The Morgan fingerprint density at radius 3 is 2.41 bits per heavy atom. The van der Waals surface area contributed by atoms with E-state index in [0.717, 1.165) is 10.8 Å². The van der Waals surface area contributed by atoms with Crippen LogP contribution >= 0.6 is 0 Å². The second-order valence-electron chi connectivity index (χ2n) is 8.49. The van der Waals surface area contributed by atoms with Crippen LogP contribution in [0.2, 0.25) is 0 Å².